The second-order valence-electron chi connectivity index (χ2n) is 4.41. The summed E-state index contributed by atoms with van der Waals surface area (Å²) < 4.78 is 10.5. The molecular weight excluding hydrogens is 244 g/mol. The summed E-state index contributed by atoms with van der Waals surface area (Å²) in [6.07, 6.45) is 3.12. The number of hydrogen-bond acceptors (Lipinski definition) is 4. The van der Waals surface area contributed by atoms with Crippen molar-refractivity contribution in [3.8, 4) is 11.5 Å². The summed E-state index contributed by atoms with van der Waals surface area (Å²) >= 11 is 0. The van der Waals surface area contributed by atoms with Crippen molar-refractivity contribution in [1.82, 2.24) is 5.43 Å². The zero-order valence-electron chi connectivity index (χ0n) is 11.8. The molecule has 0 aliphatic rings. The maximum Gasteiger partial charge on any atom is 0.233 e. The number of nitrogens with two attached hydrogens (primary N) is 1. The summed E-state index contributed by atoms with van der Waals surface area (Å²) in [6.45, 7) is 2.05. The number of amides is 1. The van der Waals surface area contributed by atoms with Gasteiger partial charge in [-0.1, -0.05) is 0 Å². The molecule has 0 spiro atoms. The van der Waals surface area contributed by atoms with Gasteiger partial charge in [0.25, 0.3) is 0 Å². The maximum atomic E-state index is 11.0. The van der Waals surface area contributed by atoms with E-state index in [-0.39, 0.29) is 5.91 Å². The van der Waals surface area contributed by atoms with Gasteiger partial charge in [-0.05, 0) is 49.4 Å². The van der Waals surface area contributed by atoms with Crippen molar-refractivity contribution in [2.24, 2.45) is 5.84 Å². The normalized spacial score (nSPS) is 10.1. The lowest BCUT2D eigenvalue weighted by atomic mass is 10.0. The van der Waals surface area contributed by atoms with Crippen LogP contribution in [-0.2, 0) is 11.2 Å². The van der Waals surface area contributed by atoms with Gasteiger partial charge in [0.1, 0.15) is 0 Å². The molecule has 0 aromatic heterocycles. The number of methoxy groups -OCH3 is 2. The minimum atomic E-state index is -0.121. The van der Waals surface area contributed by atoms with Crippen molar-refractivity contribution in [2.75, 3.05) is 14.2 Å². The maximum absolute atomic E-state index is 11.0. The standard InChI is InChI=1S/C14H22N2O3/c1-10-8-12(18-2)13(19-3)9-11(10)6-4-5-7-14(17)16-15/h8-9H,4-7,15H2,1-3H3,(H,16,17). The Morgan fingerprint density at radius 2 is 1.84 bits per heavy atom. The summed E-state index contributed by atoms with van der Waals surface area (Å²) in [4.78, 5) is 11.0. The van der Waals surface area contributed by atoms with Gasteiger partial charge in [0.05, 0.1) is 14.2 Å². The van der Waals surface area contributed by atoms with E-state index in [0.717, 1.165) is 30.8 Å². The summed E-state index contributed by atoms with van der Waals surface area (Å²) in [7, 11) is 3.25. The van der Waals surface area contributed by atoms with Crippen LogP contribution < -0.4 is 20.7 Å². The summed E-state index contributed by atoms with van der Waals surface area (Å²) in [5.74, 6) is 6.39. The Bertz CT molecular complexity index is 433. The molecular formula is C14H22N2O3. The van der Waals surface area contributed by atoms with Gasteiger partial charge < -0.3 is 9.47 Å². The Morgan fingerprint density at radius 1 is 1.21 bits per heavy atom. The fraction of sp³-hybridized carbons (Fsp3) is 0.500. The topological polar surface area (TPSA) is 73.6 Å². The molecule has 1 rings (SSSR count). The first kappa shape index (κ1) is 15.3. The van der Waals surface area contributed by atoms with Gasteiger partial charge in [0.2, 0.25) is 5.91 Å². The summed E-state index contributed by atoms with van der Waals surface area (Å²) in [5, 5.41) is 0. The van der Waals surface area contributed by atoms with Crippen molar-refractivity contribution in [3.05, 3.63) is 23.3 Å². The number of rotatable bonds is 7. The van der Waals surface area contributed by atoms with Crippen LogP contribution in [0.3, 0.4) is 0 Å². The van der Waals surface area contributed by atoms with E-state index in [4.69, 9.17) is 15.3 Å². The monoisotopic (exact) mass is 266 g/mol. The highest BCUT2D eigenvalue weighted by atomic mass is 16.5. The average molecular weight is 266 g/mol. The number of carbonyl (C=O) groups excluding carboxylic acids is 1. The smallest absolute Gasteiger partial charge is 0.233 e. The Morgan fingerprint density at radius 3 is 2.42 bits per heavy atom. The molecule has 0 fully saturated rings. The highest BCUT2D eigenvalue weighted by molar-refractivity contribution is 5.75. The predicted molar refractivity (Wildman–Crippen MR) is 74.2 cm³/mol. The number of aryl methyl sites for hydroxylation is 2. The Balaban J connectivity index is 2.60. The number of hydrogen-bond donors (Lipinski definition) is 2. The number of nitrogens with one attached hydrogen (secondary N) is 1. The van der Waals surface area contributed by atoms with Crippen LogP contribution in [-0.4, -0.2) is 20.1 Å². The molecule has 1 aromatic carbocycles. The second-order valence-corrected chi connectivity index (χ2v) is 4.41. The van der Waals surface area contributed by atoms with E-state index < -0.39 is 0 Å². The predicted octanol–water partition coefficient (Wildman–Crippen LogP) is 1.71. The zero-order chi connectivity index (χ0) is 14.3. The second kappa shape index (κ2) is 7.63. The summed E-state index contributed by atoms with van der Waals surface area (Å²) in [6, 6.07) is 3.97. The Kier molecular flexibility index (Phi) is 6.15. The Hall–Kier alpha value is -1.75. The molecule has 106 valence electrons. The van der Waals surface area contributed by atoms with Crippen LogP contribution in [0.1, 0.15) is 30.4 Å². The van der Waals surface area contributed by atoms with Crippen LogP contribution in [0.2, 0.25) is 0 Å². The molecule has 3 N–H and O–H groups in total. The number of benzene rings is 1. The molecule has 19 heavy (non-hydrogen) atoms. The molecule has 0 bridgehead atoms. The van der Waals surface area contributed by atoms with E-state index in [9.17, 15) is 4.79 Å². The minimum absolute atomic E-state index is 0.121. The Labute approximate surface area is 114 Å². The molecule has 5 heteroatoms. The number of unbranched alkanes of at least 4 members (excludes halogenated alkanes) is 1. The van der Waals surface area contributed by atoms with Gasteiger partial charge in [-0.3, -0.25) is 10.2 Å². The molecule has 0 aliphatic carbocycles. The molecule has 0 saturated carbocycles. The van der Waals surface area contributed by atoms with Crippen molar-refractivity contribution in [3.63, 3.8) is 0 Å². The van der Waals surface area contributed by atoms with Crippen LogP contribution in [0.4, 0.5) is 0 Å². The van der Waals surface area contributed by atoms with Gasteiger partial charge >= 0.3 is 0 Å². The number of ether oxygens (including phenoxy) is 2. The first-order chi connectivity index (χ1) is 9.12. The van der Waals surface area contributed by atoms with Crippen molar-refractivity contribution < 1.29 is 14.3 Å². The molecule has 0 aliphatic heterocycles. The number of hydrazine groups is 1. The fourth-order valence-electron chi connectivity index (χ4n) is 1.97. The van der Waals surface area contributed by atoms with E-state index in [1.165, 1.54) is 11.1 Å². The molecule has 0 radical (unpaired) electrons. The fourth-order valence-corrected chi connectivity index (χ4v) is 1.97. The van der Waals surface area contributed by atoms with E-state index in [1.807, 2.05) is 19.1 Å². The molecule has 1 aromatic rings. The molecule has 1 amide bonds. The van der Waals surface area contributed by atoms with E-state index in [1.54, 1.807) is 14.2 Å². The van der Waals surface area contributed by atoms with Gasteiger partial charge in [-0.15, -0.1) is 0 Å². The van der Waals surface area contributed by atoms with Gasteiger partial charge in [0, 0.05) is 6.42 Å². The average Bonchev–Trinajstić information content (AvgIpc) is 2.43. The third-order valence-corrected chi connectivity index (χ3v) is 3.10. The quantitative estimate of drug-likeness (QED) is 0.341. The molecule has 0 heterocycles. The molecule has 0 unspecified atom stereocenters. The summed E-state index contributed by atoms with van der Waals surface area (Å²) in [5.41, 5.74) is 4.51. The molecule has 5 nitrogen and oxygen atoms in total. The van der Waals surface area contributed by atoms with Crippen molar-refractivity contribution in [1.29, 1.82) is 0 Å². The van der Waals surface area contributed by atoms with Crippen LogP contribution in [0.5, 0.6) is 11.5 Å². The van der Waals surface area contributed by atoms with Crippen LogP contribution in [0, 0.1) is 6.92 Å². The third kappa shape index (κ3) is 4.44. The lowest BCUT2D eigenvalue weighted by molar-refractivity contribution is -0.121. The van der Waals surface area contributed by atoms with E-state index in [0.29, 0.717) is 6.42 Å². The van der Waals surface area contributed by atoms with Gasteiger partial charge in [-0.2, -0.15) is 0 Å². The molecule has 0 atom stereocenters. The highest BCUT2D eigenvalue weighted by Gasteiger charge is 2.08. The SMILES string of the molecule is COc1cc(C)c(CCCCC(=O)NN)cc1OC. The lowest BCUT2D eigenvalue weighted by Gasteiger charge is -2.12. The van der Waals surface area contributed by atoms with Crippen molar-refractivity contribution >= 4 is 5.91 Å². The van der Waals surface area contributed by atoms with Crippen LogP contribution in [0.15, 0.2) is 12.1 Å². The largest absolute Gasteiger partial charge is 0.493 e. The lowest BCUT2D eigenvalue weighted by Crippen LogP contribution is -2.29. The van der Waals surface area contributed by atoms with E-state index in [2.05, 4.69) is 5.43 Å². The highest BCUT2D eigenvalue weighted by Crippen LogP contribution is 2.30. The van der Waals surface area contributed by atoms with E-state index >= 15 is 0 Å². The van der Waals surface area contributed by atoms with Crippen LogP contribution in [0.25, 0.3) is 0 Å². The van der Waals surface area contributed by atoms with Gasteiger partial charge in [-0.25, -0.2) is 5.84 Å². The number of carbonyl (C=O) groups is 1. The first-order valence-corrected chi connectivity index (χ1v) is 6.33. The first-order valence-electron chi connectivity index (χ1n) is 6.33. The minimum Gasteiger partial charge on any atom is -0.493 e. The van der Waals surface area contributed by atoms with Gasteiger partial charge in [0.15, 0.2) is 11.5 Å². The third-order valence-electron chi connectivity index (χ3n) is 3.10. The van der Waals surface area contributed by atoms with Crippen LogP contribution >= 0.6 is 0 Å². The molecule has 0 saturated heterocycles. The van der Waals surface area contributed by atoms with Crippen molar-refractivity contribution in [2.45, 2.75) is 32.6 Å². The zero-order valence-corrected chi connectivity index (χ0v) is 11.8.